The number of rotatable bonds is 7. The van der Waals surface area contributed by atoms with Gasteiger partial charge in [-0.25, -0.2) is 0 Å². The molecule has 4 rings (SSSR count). The fourth-order valence-electron chi connectivity index (χ4n) is 4.36. The number of fused-ring (bicyclic) bond motifs is 1. The van der Waals surface area contributed by atoms with Gasteiger partial charge in [-0.3, -0.25) is 4.79 Å². The minimum atomic E-state index is -0.193. The van der Waals surface area contributed by atoms with Crippen LogP contribution in [0.1, 0.15) is 63.4 Å². The molecule has 1 amide bonds. The Kier molecular flexibility index (Phi) is 6.72. The van der Waals surface area contributed by atoms with Crippen LogP contribution in [0.25, 0.3) is 10.8 Å². The SMILES string of the molecule is CCNC(=O)[C@H](C)Sc1nnc(Cc2cccc3ccccc23)n1C1CCCCC1. The summed E-state index contributed by atoms with van der Waals surface area (Å²) in [7, 11) is 0. The Morgan fingerprint density at radius 1 is 1.13 bits per heavy atom. The molecule has 1 aromatic heterocycles. The highest BCUT2D eigenvalue weighted by molar-refractivity contribution is 8.00. The lowest BCUT2D eigenvalue weighted by atomic mass is 9.95. The summed E-state index contributed by atoms with van der Waals surface area (Å²) in [4.78, 5) is 12.3. The molecule has 1 aliphatic carbocycles. The first-order chi connectivity index (χ1) is 14.7. The van der Waals surface area contributed by atoms with Crippen LogP contribution in [-0.4, -0.2) is 32.5 Å². The Hall–Kier alpha value is -2.34. The predicted molar refractivity (Wildman–Crippen MR) is 123 cm³/mol. The molecule has 1 heterocycles. The van der Waals surface area contributed by atoms with Gasteiger partial charge in [0.1, 0.15) is 5.82 Å². The molecule has 158 valence electrons. The summed E-state index contributed by atoms with van der Waals surface area (Å²) in [6.45, 7) is 4.54. The number of nitrogens with zero attached hydrogens (tertiary/aromatic N) is 3. The van der Waals surface area contributed by atoms with Crippen LogP contribution in [0.15, 0.2) is 47.6 Å². The molecule has 6 heteroatoms. The van der Waals surface area contributed by atoms with E-state index < -0.39 is 0 Å². The topological polar surface area (TPSA) is 59.8 Å². The van der Waals surface area contributed by atoms with Crippen molar-refractivity contribution in [2.75, 3.05) is 6.54 Å². The van der Waals surface area contributed by atoms with Gasteiger partial charge in [-0.15, -0.1) is 10.2 Å². The second kappa shape index (κ2) is 9.65. The van der Waals surface area contributed by atoms with Gasteiger partial charge in [0, 0.05) is 19.0 Å². The fraction of sp³-hybridized carbons (Fsp3) is 0.458. The number of nitrogens with one attached hydrogen (secondary N) is 1. The number of thioether (sulfide) groups is 1. The highest BCUT2D eigenvalue weighted by Crippen LogP contribution is 2.35. The molecule has 3 aromatic rings. The standard InChI is InChI=1S/C24H30N4OS/c1-3-25-23(29)17(2)30-24-27-26-22(28(24)20-13-5-4-6-14-20)16-19-12-9-11-18-10-7-8-15-21(18)19/h7-12,15,17,20H,3-6,13-14,16H2,1-2H3,(H,25,29)/t17-/m0/s1. The molecule has 1 fully saturated rings. The Labute approximate surface area is 182 Å². The van der Waals surface area contributed by atoms with Crippen LogP contribution in [0.2, 0.25) is 0 Å². The smallest absolute Gasteiger partial charge is 0.233 e. The van der Waals surface area contributed by atoms with Crippen LogP contribution in [0.3, 0.4) is 0 Å². The molecular formula is C24H30N4OS. The van der Waals surface area contributed by atoms with E-state index in [1.165, 1.54) is 47.4 Å². The maximum Gasteiger partial charge on any atom is 0.233 e. The number of aromatic nitrogens is 3. The van der Waals surface area contributed by atoms with E-state index in [0.717, 1.165) is 30.2 Å². The number of hydrogen-bond acceptors (Lipinski definition) is 4. The number of hydrogen-bond donors (Lipinski definition) is 1. The quantitative estimate of drug-likeness (QED) is 0.535. The average Bonchev–Trinajstić information content (AvgIpc) is 3.16. The van der Waals surface area contributed by atoms with Gasteiger partial charge in [-0.1, -0.05) is 73.5 Å². The zero-order valence-corrected chi connectivity index (χ0v) is 18.6. The monoisotopic (exact) mass is 422 g/mol. The second-order valence-electron chi connectivity index (χ2n) is 8.03. The summed E-state index contributed by atoms with van der Waals surface area (Å²) >= 11 is 1.52. The van der Waals surface area contributed by atoms with Gasteiger partial charge in [-0.2, -0.15) is 0 Å². The van der Waals surface area contributed by atoms with Crippen molar-refractivity contribution in [3.05, 3.63) is 53.9 Å². The van der Waals surface area contributed by atoms with Crippen molar-refractivity contribution in [2.24, 2.45) is 0 Å². The van der Waals surface area contributed by atoms with Crippen molar-refractivity contribution >= 4 is 28.4 Å². The van der Waals surface area contributed by atoms with E-state index in [9.17, 15) is 4.79 Å². The first kappa shape index (κ1) is 20.9. The van der Waals surface area contributed by atoms with E-state index in [1.54, 1.807) is 0 Å². The zero-order chi connectivity index (χ0) is 20.9. The normalized spacial score (nSPS) is 15.9. The van der Waals surface area contributed by atoms with E-state index in [1.807, 2.05) is 13.8 Å². The van der Waals surface area contributed by atoms with Crippen LogP contribution in [0, 0.1) is 0 Å². The summed E-state index contributed by atoms with van der Waals surface area (Å²) in [5, 5.41) is 15.3. The first-order valence-corrected chi connectivity index (χ1v) is 11.9. The molecule has 0 aliphatic heterocycles. The molecule has 2 aromatic carbocycles. The van der Waals surface area contributed by atoms with Crippen molar-refractivity contribution in [3.8, 4) is 0 Å². The lowest BCUT2D eigenvalue weighted by Crippen LogP contribution is -2.31. The van der Waals surface area contributed by atoms with Crippen molar-refractivity contribution < 1.29 is 4.79 Å². The Morgan fingerprint density at radius 3 is 2.70 bits per heavy atom. The predicted octanol–water partition coefficient (Wildman–Crippen LogP) is 5.14. The summed E-state index contributed by atoms with van der Waals surface area (Å²) in [5.41, 5.74) is 1.27. The van der Waals surface area contributed by atoms with E-state index in [4.69, 9.17) is 0 Å². The minimum absolute atomic E-state index is 0.0521. The van der Waals surface area contributed by atoms with Gasteiger partial charge in [0.25, 0.3) is 0 Å². The minimum Gasteiger partial charge on any atom is -0.355 e. The Balaban J connectivity index is 1.67. The summed E-state index contributed by atoms with van der Waals surface area (Å²) < 4.78 is 2.33. The average molecular weight is 423 g/mol. The van der Waals surface area contributed by atoms with Crippen molar-refractivity contribution in [1.82, 2.24) is 20.1 Å². The van der Waals surface area contributed by atoms with Crippen LogP contribution in [0.4, 0.5) is 0 Å². The maximum absolute atomic E-state index is 12.3. The van der Waals surface area contributed by atoms with Gasteiger partial charge in [0.05, 0.1) is 5.25 Å². The molecular weight excluding hydrogens is 392 g/mol. The number of benzene rings is 2. The van der Waals surface area contributed by atoms with Gasteiger partial charge in [-0.05, 0) is 43.0 Å². The van der Waals surface area contributed by atoms with Gasteiger partial charge in [0.2, 0.25) is 5.91 Å². The largest absolute Gasteiger partial charge is 0.355 e. The lowest BCUT2D eigenvalue weighted by molar-refractivity contribution is -0.120. The summed E-state index contributed by atoms with van der Waals surface area (Å²) in [6.07, 6.45) is 6.85. The highest BCUT2D eigenvalue weighted by Gasteiger charge is 2.26. The van der Waals surface area contributed by atoms with Crippen molar-refractivity contribution in [2.45, 2.75) is 68.8 Å². The molecule has 1 saturated carbocycles. The molecule has 30 heavy (non-hydrogen) atoms. The van der Waals surface area contributed by atoms with Crippen LogP contribution in [-0.2, 0) is 11.2 Å². The molecule has 1 aliphatic rings. The zero-order valence-electron chi connectivity index (χ0n) is 17.8. The molecule has 0 radical (unpaired) electrons. The fourth-order valence-corrected chi connectivity index (χ4v) is 5.32. The molecule has 0 bridgehead atoms. The van der Waals surface area contributed by atoms with E-state index in [2.05, 4.69) is 62.5 Å². The van der Waals surface area contributed by atoms with Crippen LogP contribution in [0.5, 0.6) is 0 Å². The molecule has 5 nitrogen and oxygen atoms in total. The van der Waals surface area contributed by atoms with Gasteiger partial charge < -0.3 is 9.88 Å². The molecule has 0 spiro atoms. The third-order valence-corrected chi connectivity index (χ3v) is 6.96. The van der Waals surface area contributed by atoms with E-state index >= 15 is 0 Å². The summed E-state index contributed by atoms with van der Waals surface area (Å²) in [5.74, 6) is 1.06. The van der Waals surface area contributed by atoms with Gasteiger partial charge >= 0.3 is 0 Å². The molecule has 1 atom stereocenters. The van der Waals surface area contributed by atoms with E-state index in [0.29, 0.717) is 12.6 Å². The molecule has 0 unspecified atom stereocenters. The Morgan fingerprint density at radius 2 is 1.90 bits per heavy atom. The highest BCUT2D eigenvalue weighted by atomic mass is 32.2. The third kappa shape index (κ3) is 4.53. The maximum atomic E-state index is 12.3. The number of amides is 1. The Bertz CT molecular complexity index is 1000. The molecule has 0 saturated heterocycles. The number of carbonyl (C=O) groups is 1. The van der Waals surface area contributed by atoms with Crippen molar-refractivity contribution in [3.63, 3.8) is 0 Å². The third-order valence-electron chi connectivity index (χ3n) is 5.91. The first-order valence-electron chi connectivity index (χ1n) is 11.0. The van der Waals surface area contributed by atoms with Crippen molar-refractivity contribution in [1.29, 1.82) is 0 Å². The van der Waals surface area contributed by atoms with E-state index in [-0.39, 0.29) is 11.2 Å². The molecule has 1 N–H and O–H groups in total. The van der Waals surface area contributed by atoms with Crippen LogP contribution < -0.4 is 5.32 Å². The van der Waals surface area contributed by atoms with Crippen LogP contribution >= 0.6 is 11.8 Å². The lowest BCUT2D eigenvalue weighted by Gasteiger charge is -2.26. The second-order valence-corrected chi connectivity index (χ2v) is 9.34. The summed E-state index contributed by atoms with van der Waals surface area (Å²) in [6, 6.07) is 15.4. The van der Waals surface area contributed by atoms with Gasteiger partial charge in [0.15, 0.2) is 5.16 Å². The number of carbonyl (C=O) groups excluding carboxylic acids is 1.